The molecule has 0 amide bonds. The van der Waals surface area contributed by atoms with Gasteiger partial charge in [-0.2, -0.15) is 0 Å². The zero-order chi connectivity index (χ0) is 14.4. The Morgan fingerprint density at radius 3 is 2.40 bits per heavy atom. The number of ether oxygens (including phenoxy) is 1. The second kappa shape index (κ2) is 6.70. The standard InChI is InChI=1S/C16H16FNO2/c1-20-16(19)15(12-5-3-2-4-6-12)11-18-14-9-7-13(17)8-10-14/h2-10,15,18H,11H2,1H3. The highest BCUT2D eigenvalue weighted by molar-refractivity contribution is 5.78. The average molecular weight is 273 g/mol. The monoisotopic (exact) mass is 273 g/mol. The maximum absolute atomic E-state index is 12.8. The summed E-state index contributed by atoms with van der Waals surface area (Å²) in [7, 11) is 1.37. The lowest BCUT2D eigenvalue weighted by Gasteiger charge is -2.16. The van der Waals surface area contributed by atoms with Crippen LogP contribution in [0.15, 0.2) is 54.6 Å². The number of methoxy groups -OCH3 is 1. The summed E-state index contributed by atoms with van der Waals surface area (Å²) >= 11 is 0. The second-order valence-corrected chi connectivity index (χ2v) is 4.37. The molecule has 0 saturated carbocycles. The molecule has 0 aliphatic heterocycles. The van der Waals surface area contributed by atoms with E-state index in [1.54, 1.807) is 12.1 Å². The van der Waals surface area contributed by atoms with Gasteiger partial charge in [0.15, 0.2) is 0 Å². The van der Waals surface area contributed by atoms with Crippen molar-refractivity contribution in [2.75, 3.05) is 19.0 Å². The molecule has 3 nitrogen and oxygen atoms in total. The van der Waals surface area contributed by atoms with E-state index in [-0.39, 0.29) is 11.8 Å². The number of hydrogen-bond donors (Lipinski definition) is 1. The number of esters is 1. The van der Waals surface area contributed by atoms with Crippen LogP contribution in [0.3, 0.4) is 0 Å². The maximum atomic E-state index is 12.8. The molecule has 104 valence electrons. The first kappa shape index (κ1) is 14.1. The molecular formula is C16H16FNO2. The van der Waals surface area contributed by atoms with Gasteiger partial charge in [-0.1, -0.05) is 30.3 Å². The van der Waals surface area contributed by atoms with Gasteiger partial charge < -0.3 is 10.1 Å². The summed E-state index contributed by atoms with van der Waals surface area (Å²) in [6.45, 7) is 0.391. The molecule has 0 aliphatic carbocycles. The number of benzene rings is 2. The Hall–Kier alpha value is -2.36. The number of carbonyl (C=O) groups excluding carboxylic acids is 1. The van der Waals surface area contributed by atoms with Crippen LogP contribution in [-0.2, 0) is 9.53 Å². The molecule has 0 bridgehead atoms. The first-order valence-electron chi connectivity index (χ1n) is 6.33. The highest BCUT2D eigenvalue weighted by Crippen LogP contribution is 2.18. The number of rotatable bonds is 5. The van der Waals surface area contributed by atoms with Crippen molar-refractivity contribution in [3.05, 3.63) is 66.0 Å². The molecule has 0 aliphatic rings. The third-order valence-corrected chi connectivity index (χ3v) is 3.04. The minimum atomic E-state index is -0.397. The fourth-order valence-corrected chi connectivity index (χ4v) is 1.95. The van der Waals surface area contributed by atoms with Crippen molar-refractivity contribution in [1.82, 2.24) is 0 Å². The molecule has 0 heterocycles. The minimum Gasteiger partial charge on any atom is -0.468 e. The first-order valence-corrected chi connectivity index (χ1v) is 6.33. The van der Waals surface area contributed by atoms with E-state index in [9.17, 15) is 9.18 Å². The summed E-state index contributed by atoms with van der Waals surface area (Å²) in [6, 6.07) is 15.4. The van der Waals surface area contributed by atoms with Gasteiger partial charge in [0.1, 0.15) is 5.82 Å². The van der Waals surface area contributed by atoms with Crippen LogP contribution in [0, 0.1) is 5.82 Å². The van der Waals surface area contributed by atoms with Crippen LogP contribution in [0.1, 0.15) is 11.5 Å². The van der Waals surface area contributed by atoms with Crippen LogP contribution >= 0.6 is 0 Å². The van der Waals surface area contributed by atoms with E-state index in [0.717, 1.165) is 11.3 Å². The van der Waals surface area contributed by atoms with Crippen molar-refractivity contribution in [2.45, 2.75) is 5.92 Å². The lowest BCUT2D eigenvalue weighted by atomic mass is 9.99. The summed E-state index contributed by atoms with van der Waals surface area (Å²) in [5.41, 5.74) is 1.64. The zero-order valence-electron chi connectivity index (χ0n) is 11.2. The molecule has 1 N–H and O–H groups in total. The van der Waals surface area contributed by atoms with Gasteiger partial charge in [0.25, 0.3) is 0 Å². The van der Waals surface area contributed by atoms with Gasteiger partial charge in [-0.25, -0.2) is 4.39 Å². The van der Waals surface area contributed by atoms with E-state index in [0.29, 0.717) is 6.54 Å². The van der Waals surface area contributed by atoms with Gasteiger partial charge in [0, 0.05) is 12.2 Å². The number of halogens is 1. The van der Waals surface area contributed by atoms with E-state index in [1.807, 2.05) is 30.3 Å². The van der Waals surface area contributed by atoms with Gasteiger partial charge in [0.05, 0.1) is 13.0 Å². The first-order chi connectivity index (χ1) is 9.70. The Labute approximate surface area is 117 Å². The van der Waals surface area contributed by atoms with E-state index in [4.69, 9.17) is 4.74 Å². The summed E-state index contributed by atoms with van der Waals surface area (Å²) in [5.74, 6) is -0.986. The molecule has 2 aromatic rings. The highest BCUT2D eigenvalue weighted by atomic mass is 19.1. The lowest BCUT2D eigenvalue weighted by Crippen LogP contribution is -2.22. The van der Waals surface area contributed by atoms with Gasteiger partial charge in [-0.3, -0.25) is 4.79 Å². The smallest absolute Gasteiger partial charge is 0.314 e. The second-order valence-electron chi connectivity index (χ2n) is 4.37. The van der Waals surface area contributed by atoms with Crippen molar-refractivity contribution < 1.29 is 13.9 Å². The molecule has 2 aromatic carbocycles. The van der Waals surface area contributed by atoms with E-state index in [2.05, 4.69) is 5.32 Å². The van der Waals surface area contributed by atoms with Gasteiger partial charge in [-0.15, -0.1) is 0 Å². The van der Waals surface area contributed by atoms with Gasteiger partial charge >= 0.3 is 5.97 Å². The third kappa shape index (κ3) is 3.57. The maximum Gasteiger partial charge on any atom is 0.314 e. The van der Waals surface area contributed by atoms with Crippen LogP contribution in [0.4, 0.5) is 10.1 Å². The SMILES string of the molecule is COC(=O)C(CNc1ccc(F)cc1)c1ccccc1. The van der Waals surface area contributed by atoms with Crippen molar-refractivity contribution in [3.63, 3.8) is 0 Å². The zero-order valence-corrected chi connectivity index (χ0v) is 11.2. The molecule has 0 spiro atoms. The number of hydrogen-bond acceptors (Lipinski definition) is 3. The predicted molar refractivity (Wildman–Crippen MR) is 76.1 cm³/mol. The molecule has 2 rings (SSSR count). The Morgan fingerprint density at radius 1 is 1.15 bits per heavy atom. The molecule has 0 aromatic heterocycles. The predicted octanol–water partition coefficient (Wildman–Crippen LogP) is 3.19. The Bertz CT molecular complexity index is 554. The lowest BCUT2D eigenvalue weighted by molar-refractivity contribution is -0.142. The summed E-state index contributed by atoms with van der Waals surface area (Å²) in [5, 5.41) is 3.12. The molecular weight excluding hydrogens is 257 g/mol. The fourth-order valence-electron chi connectivity index (χ4n) is 1.95. The van der Waals surface area contributed by atoms with Crippen molar-refractivity contribution >= 4 is 11.7 Å². The van der Waals surface area contributed by atoms with Gasteiger partial charge in [0.2, 0.25) is 0 Å². The van der Waals surface area contributed by atoms with E-state index in [1.165, 1.54) is 19.2 Å². The largest absolute Gasteiger partial charge is 0.468 e. The topological polar surface area (TPSA) is 38.3 Å². The molecule has 0 fully saturated rings. The Kier molecular flexibility index (Phi) is 4.71. The Balaban J connectivity index is 2.09. The normalized spacial score (nSPS) is 11.7. The van der Waals surface area contributed by atoms with Crippen LogP contribution in [0.25, 0.3) is 0 Å². The summed E-state index contributed by atoms with van der Waals surface area (Å²) in [6.07, 6.45) is 0. The minimum absolute atomic E-state index is 0.289. The molecule has 20 heavy (non-hydrogen) atoms. The van der Waals surface area contributed by atoms with E-state index < -0.39 is 5.92 Å². The number of nitrogens with one attached hydrogen (secondary N) is 1. The molecule has 0 saturated heterocycles. The molecule has 1 atom stereocenters. The van der Waals surface area contributed by atoms with Crippen LogP contribution in [0.2, 0.25) is 0 Å². The summed E-state index contributed by atoms with van der Waals surface area (Å²) in [4.78, 5) is 11.9. The third-order valence-electron chi connectivity index (χ3n) is 3.04. The summed E-state index contributed by atoms with van der Waals surface area (Å²) < 4.78 is 17.7. The van der Waals surface area contributed by atoms with Crippen LogP contribution < -0.4 is 5.32 Å². The van der Waals surface area contributed by atoms with Crippen molar-refractivity contribution in [2.24, 2.45) is 0 Å². The van der Waals surface area contributed by atoms with Gasteiger partial charge in [-0.05, 0) is 29.8 Å². The fraction of sp³-hybridized carbons (Fsp3) is 0.188. The Morgan fingerprint density at radius 2 is 1.80 bits per heavy atom. The molecule has 4 heteroatoms. The van der Waals surface area contributed by atoms with Crippen LogP contribution in [0.5, 0.6) is 0 Å². The van der Waals surface area contributed by atoms with Crippen molar-refractivity contribution in [3.8, 4) is 0 Å². The quantitative estimate of drug-likeness (QED) is 0.850. The highest BCUT2D eigenvalue weighted by Gasteiger charge is 2.20. The molecule has 1 unspecified atom stereocenters. The number of carbonyl (C=O) groups is 1. The van der Waals surface area contributed by atoms with Crippen LogP contribution in [-0.4, -0.2) is 19.6 Å². The average Bonchev–Trinajstić information content (AvgIpc) is 2.50. The molecule has 0 radical (unpaired) electrons. The van der Waals surface area contributed by atoms with Crippen molar-refractivity contribution in [1.29, 1.82) is 0 Å². The van der Waals surface area contributed by atoms with E-state index >= 15 is 0 Å². The number of anilines is 1.